The molecule has 0 bridgehead atoms. The van der Waals surface area contributed by atoms with Crippen LogP contribution in [0.2, 0.25) is 0 Å². The molecule has 0 amide bonds. The number of hydrogen-bond acceptors (Lipinski definition) is 7. The van der Waals surface area contributed by atoms with E-state index in [4.69, 9.17) is 26.8 Å². The lowest BCUT2D eigenvalue weighted by atomic mass is 9.83. The van der Waals surface area contributed by atoms with Crippen LogP contribution in [0, 0.1) is 5.53 Å². The quantitative estimate of drug-likeness (QED) is 0.148. The van der Waals surface area contributed by atoms with Gasteiger partial charge in [-0.2, -0.15) is 5.10 Å². The standard InChI is InChI=1S/C23H26N6OS/c24-20-17(15-8-3-1-4-9-15)14-18(19-12-7-13-31-19)27-23(20)30-21(22(28-25)29-26)16-10-5-2-6-11-16/h2,5-7,10-15,21,25H,1,3-4,8-9,24,26H2. The molecule has 8 heteroatoms. The van der Waals surface area contributed by atoms with Crippen LogP contribution in [-0.4, -0.2) is 10.8 Å². The van der Waals surface area contributed by atoms with E-state index >= 15 is 0 Å². The van der Waals surface area contributed by atoms with E-state index in [0.717, 1.165) is 34.5 Å². The van der Waals surface area contributed by atoms with E-state index in [2.05, 4.69) is 16.3 Å². The summed E-state index contributed by atoms with van der Waals surface area (Å²) in [6, 6.07) is 15.6. The van der Waals surface area contributed by atoms with Crippen molar-refractivity contribution in [3.63, 3.8) is 0 Å². The van der Waals surface area contributed by atoms with Crippen LogP contribution in [0.5, 0.6) is 5.88 Å². The number of hydrazone groups is 1. The molecule has 3 aromatic rings. The van der Waals surface area contributed by atoms with Gasteiger partial charge in [-0.25, -0.2) is 10.5 Å². The molecule has 0 aliphatic heterocycles. The Bertz CT molecular complexity index is 1050. The predicted molar refractivity (Wildman–Crippen MR) is 124 cm³/mol. The maximum atomic E-state index is 7.50. The first-order valence-corrected chi connectivity index (χ1v) is 11.3. The van der Waals surface area contributed by atoms with Crippen molar-refractivity contribution in [1.82, 2.24) is 4.98 Å². The molecule has 0 saturated heterocycles. The minimum atomic E-state index is -0.781. The minimum Gasteiger partial charge on any atom is -0.460 e. The molecule has 0 radical (unpaired) electrons. The van der Waals surface area contributed by atoms with E-state index in [-0.39, 0.29) is 5.84 Å². The summed E-state index contributed by atoms with van der Waals surface area (Å²) in [5, 5.41) is 9.17. The molecule has 2 aromatic heterocycles. The zero-order valence-corrected chi connectivity index (χ0v) is 18.0. The van der Waals surface area contributed by atoms with Gasteiger partial charge in [0, 0.05) is 5.56 Å². The van der Waals surface area contributed by atoms with Gasteiger partial charge in [-0.05, 0) is 41.8 Å². The SMILES string of the molecule is N=NC(=NN)C(Oc1nc(-c2cccs2)cc(C2CCCCC2)c1N)c1ccccc1. The van der Waals surface area contributed by atoms with E-state index in [0.29, 0.717) is 17.5 Å². The van der Waals surface area contributed by atoms with Gasteiger partial charge in [0.15, 0.2) is 6.10 Å². The van der Waals surface area contributed by atoms with Gasteiger partial charge in [0.1, 0.15) is 0 Å². The maximum absolute atomic E-state index is 7.50. The molecule has 1 unspecified atom stereocenters. The van der Waals surface area contributed by atoms with Gasteiger partial charge in [0.2, 0.25) is 11.7 Å². The number of benzene rings is 1. The molecule has 4 rings (SSSR count). The Hall–Kier alpha value is -3.26. The second-order valence-electron chi connectivity index (χ2n) is 7.64. The summed E-state index contributed by atoms with van der Waals surface area (Å²) in [5.74, 6) is 6.27. The molecule has 31 heavy (non-hydrogen) atoms. The Morgan fingerprint density at radius 2 is 1.90 bits per heavy atom. The Labute approximate surface area is 185 Å². The van der Waals surface area contributed by atoms with Gasteiger partial charge in [-0.15, -0.1) is 16.5 Å². The average Bonchev–Trinajstić information content (AvgIpc) is 3.36. The van der Waals surface area contributed by atoms with Gasteiger partial charge in [-0.3, -0.25) is 0 Å². The maximum Gasteiger partial charge on any atom is 0.239 e. The van der Waals surface area contributed by atoms with Crippen LogP contribution >= 0.6 is 11.3 Å². The summed E-state index contributed by atoms with van der Waals surface area (Å²) < 4.78 is 6.29. The van der Waals surface area contributed by atoms with Gasteiger partial charge in [-0.1, -0.05) is 55.7 Å². The number of nitrogens with one attached hydrogen (secondary N) is 1. The zero-order chi connectivity index (χ0) is 21.6. The third-order valence-electron chi connectivity index (χ3n) is 5.69. The minimum absolute atomic E-state index is 0.0492. The van der Waals surface area contributed by atoms with E-state index < -0.39 is 6.10 Å². The second kappa shape index (κ2) is 9.70. The fraction of sp³-hybridized carbons (Fsp3) is 0.304. The fourth-order valence-corrected chi connectivity index (χ4v) is 4.79. The molecule has 1 saturated carbocycles. The third-order valence-corrected chi connectivity index (χ3v) is 6.58. The highest BCUT2D eigenvalue weighted by Crippen LogP contribution is 2.41. The fourth-order valence-electron chi connectivity index (χ4n) is 4.11. The molecule has 160 valence electrons. The molecular formula is C23H26N6OS. The number of pyridine rings is 1. The molecule has 5 N–H and O–H groups in total. The smallest absolute Gasteiger partial charge is 0.239 e. The molecule has 1 aromatic carbocycles. The zero-order valence-electron chi connectivity index (χ0n) is 17.2. The lowest BCUT2D eigenvalue weighted by Gasteiger charge is -2.26. The number of nitrogens with zero attached hydrogens (tertiary/aromatic N) is 3. The number of anilines is 1. The summed E-state index contributed by atoms with van der Waals surface area (Å²) in [6.07, 6.45) is 5.10. The lowest BCUT2D eigenvalue weighted by Crippen LogP contribution is -2.20. The number of ether oxygens (including phenoxy) is 1. The monoisotopic (exact) mass is 434 g/mol. The van der Waals surface area contributed by atoms with E-state index in [9.17, 15) is 0 Å². The van der Waals surface area contributed by atoms with Crippen LogP contribution in [0.4, 0.5) is 5.69 Å². The number of nitrogens with two attached hydrogens (primary N) is 2. The number of nitrogen functional groups attached to an aromatic ring is 1. The van der Waals surface area contributed by atoms with E-state index in [1.807, 2.05) is 47.8 Å². The highest BCUT2D eigenvalue weighted by atomic mass is 32.1. The predicted octanol–water partition coefficient (Wildman–Crippen LogP) is 5.86. The Kier molecular flexibility index (Phi) is 6.57. The van der Waals surface area contributed by atoms with Crippen molar-refractivity contribution in [3.8, 4) is 16.5 Å². The van der Waals surface area contributed by atoms with Gasteiger partial charge in [0.05, 0.1) is 16.3 Å². The molecule has 1 fully saturated rings. The highest BCUT2D eigenvalue weighted by molar-refractivity contribution is 7.13. The van der Waals surface area contributed by atoms with Crippen LogP contribution in [0.1, 0.15) is 55.3 Å². The first kappa shape index (κ1) is 21.0. The van der Waals surface area contributed by atoms with Crippen LogP contribution in [0.15, 0.2) is 64.1 Å². The lowest BCUT2D eigenvalue weighted by molar-refractivity contribution is 0.261. The number of rotatable bonds is 6. The molecule has 1 aliphatic carbocycles. The summed E-state index contributed by atoms with van der Waals surface area (Å²) in [6.45, 7) is 0. The Morgan fingerprint density at radius 3 is 2.55 bits per heavy atom. The van der Waals surface area contributed by atoms with Crippen molar-refractivity contribution in [2.75, 3.05) is 5.73 Å². The van der Waals surface area contributed by atoms with Crippen LogP contribution < -0.4 is 16.3 Å². The molecule has 0 spiro atoms. The van der Waals surface area contributed by atoms with Crippen molar-refractivity contribution in [2.45, 2.75) is 44.1 Å². The van der Waals surface area contributed by atoms with Crippen LogP contribution in [0.25, 0.3) is 10.6 Å². The number of thiophene rings is 1. The topological polar surface area (TPSA) is 123 Å². The average molecular weight is 435 g/mol. The Balaban J connectivity index is 1.80. The largest absolute Gasteiger partial charge is 0.460 e. The molecule has 2 heterocycles. The Morgan fingerprint density at radius 1 is 1.13 bits per heavy atom. The van der Waals surface area contributed by atoms with Crippen molar-refractivity contribution in [2.24, 2.45) is 16.1 Å². The first-order valence-electron chi connectivity index (χ1n) is 10.4. The van der Waals surface area contributed by atoms with Gasteiger partial charge >= 0.3 is 0 Å². The third kappa shape index (κ3) is 4.59. The first-order chi connectivity index (χ1) is 15.2. The van der Waals surface area contributed by atoms with Crippen molar-refractivity contribution in [1.29, 1.82) is 5.53 Å². The van der Waals surface area contributed by atoms with E-state index in [1.165, 1.54) is 19.3 Å². The van der Waals surface area contributed by atoms with E-state index in [1.54, 1.807) is 11.3 Å². The van der Waals surface area contributed by atoms with Gasteiger partial charge < -0.3 is 16.3 Å². The van der Waals surface area contributed by atoms with Crippen LogP contribution in [-0.2, 0) is 0 Å². The van der Waals surface area contributed by atoms with Crippen molar-refractivity contribution in [3.05, 3.63) is 65.0 Å². The highest BCUT2D eigenvalue weighted by Gasteiger charge is 2.26. The number of hydrogen-bond donors (Lipinski definition) is 3. The molecule has 7 nitrogen and oxygen atoms in total. The van der Waals surface area contributed by atoms with Crippen molar-refractivity contribution >= 4 is 22.9 Å². The van der Waals surface area contributed by atoms with Crippen molar-refractivity contribution < 1.29 is 4.74 Å². The summed E-state index contributed by atoms with van der Waals surface area (Å²) in [5.41, 5.74) is 17.3. The van der Waals surface area contributed by atoms with Gasteiger partial charge in [0.25, 0.3) is 0 Å². The number of aromatic nitrogens is 1. The molecule has 1 aliphatic rings. The molecular weight excluding hydrogens is 408 g/mol. The summed E-state index contributed by atoms with van der Waals surface area (Å²) in [4.78, 5) is 5.80. The molecule has 1 atom stereocenters. The van der Waals surface area contributed by atoms with Crippen LogP contribution in [0.3, 0.4) is 0 Å². The summed E-state index contributed by atoms with van der Waals surface area (Å²) in [7, 11) is 0. The summed E-state index contributed by atoms with van der Waals surface area (Å²) >= 11 is 1.63. The second-order valence-corrected chi connectivity index (χ2v) is 8.58. The number of amidine groups is 1. The normalized spacial score (nSPS) is 16.1.